The summed E-state index contributed by atoms with van der Waals surface area (Å²) in [6, 6.07) is 17.6. The van der Waals surface area contributed by atoms with Gasteiger partial charge in [0.15, 0.2) is 0 Å². The Hall–Kier alpha value is -2.77. The summed E-state index contributed by atoms with van der Waals surface area (Å²) >= 11 is 0. The monoisotopic (exact) mass is 274 g/mol. The highest BCUT2D eigenvalue weighted by Crippen LogP contribution is 2.09. The molecular weight excluding hydrogens is 260 g/mol. The van der Waals surface area contributed by atoms with Crippen molar-refractivity contribution in [3.8, 4) is 6.07 Å². The van der Waals surface area contributed by atoms with E-state index in [0.29, 0.717) is 18.7 Å². The molecule has 0 aliphatic carbocycles. The van der Waals surface area contributed by atoms with Crippen LogP contribution in [0.25, 0.3) is 11.0 Å². The zero-order valence-electron chi connectivity index (χ0n) is 11.5. The van der Waals surface area contributed by atoms with Crippen molar-refractivity contribution in [1.29, 1.82) is 5.26 Å². The van der Waals surface area contributed by atoms with E-state index < -0.39 is 0 Å². The number of hydrogen-bond donors (Lipinski definition) is 1. The molecule has 0 fully saturated rings. The zero-order chi connectivity index (χ0) is 14.5. The van der Waals surface area contributed by atoms with Crippen LogP contribution in [0.1, 0.15) is 16.8 Å². The Balaban J connectivity index is 1.65. The molecule has 0 saturated heterocycles. The van der Waals surface area contributed by atoms with Crippen molar-refractivity contribution in [3.63, 3.8) is 0 Å². The molecule has 0 aliphatic heterocycles. The number of para-hydroxylation sites is 2. The maximum Gasteiger partial charge on any atom is 0.0991 e. The van der Waals surface area contributed by atoms with Gasteiger partial charge in [-0.05, 0) is 29.8 Å². The van der Waals surface area contributed by atoms with Crippen LogP contribution in [0.15, 0.2) is 54.7 Å². The van der Waals surface area contributed by atoms with E-state index in [4.69, 9.17) is 5.26 Å². The Morgan fingerprint density at radius 1 is 1.00 bits per heavy atom. The van der Waals surface area contributed by atoms with Gasteiger partial charge in [-0.25, -0.2) is 4.98 Å². The molecule has 3 rings (SSSR count). The SMILES string of the molecule is N#Cc1cccc(CNCc2cnc3ccccc3n2)c1. The third-order valence-electron chi connectivity index (χ3n) is 3.19. The predicted octanol–water partition coefficient (Wildman–Crippen LogP) is 2.79. The van der Waals surface area contributed by atoms with Crippen LogP contribution in [-0.2, 0) is 13.1 Å². The largest absolute Gasteiger partial charge is 0.307 e. The van der Waals surface area contributed by atoms with Crippen LogP contribution in [-0.4, -0.2) is 9.97 Å². The topological polar surface area (TPSA) is 61.6 Å². The first-order valence-electron chi connectivity index (χ1n) is 6.75. The maximum atomic E-state index is 8.88. The summed E-state index contributed by atoms with van der Waals surface area (Å²) in [4.78, 5) is 8.95. The molecular formula is C17H14N4. The van der Waals surface area contributed by atoms with Crippen LogP contribution in [0.5, 0.6) is 0 Å². The fourth-order valence-electron chi connectivity index (χ4n) is 2.17. The van der Waals surface area contributed by atoms with Crippen LogP contribution in [0.2, 0.25) is 0 Å². The van der Waals surface area contributed by atoms with Gasteiger partial charge >= 0.3 is 0 Å². The second kappa shape index (κ2) is 6.12. The quantitative estimate of drug-likeness (QED) is 0.794. The second-order valence-electron chi connectivity index (χ2n) is 4.77. The lowest BCUT2D eigenvalue weighted by molar-refractivity contribution is 0.679. The lowest BCUT2D eigenvalue weighted by Gasteiger charge is -2.05. The number of nitrogens with one attached hydrogen (secondary N) is 1. The van der Waals surface area contributed by atoms with Gasteiger partial charge in [-0.3, -0.25) is 4.98 Å². The third kappa shape index (κ3) is 3.22. The molecule has 0 radical (unpaired) electrons. The molecule has 3 aromatic rings. The zero-order valence-corrected chi connectivity index (χ0v) is 11.5. The summed E-state index contributed by atoms with van der Waals surface area (Å²) in [7, 11) is 0. The Morgan fingerprint density at radius 3 is 2.71 bits per heavy atom. The van der Waals surface area contributed by atoms with E-state index in [1.54, 1.807) is 12.3 Å². The molecule has 0 amide bonds. The number of hydrogen-bond acceptors (Lipinski definition) is 4. The Kier molecular flexibility index (Phi) is 3.85. The summed E-state index contributed by atoms with van der Waals surface area (Å²) < 4.78 is 0. The first kappa shape index (κ1) is 13.2. The highest BCUT2D eigenvalue weighted by Gasteiger charge is 2.00. The van der Waals surface area contributed by atoms with Crippen LogP contribution in [0, 0.1) is 11.3 Å². The van der Waals surface area contributed by atoms with Gasteiger partial charge in [0.1, 0.15) is 0 Å². The number of aromatic nitrogens is 2. The van der Waals surface area contributed by atoms with E-state index in [-0.39, 0.29) is 0 Å². The Labute approximate surface area is 123 Å². The molecule has 1 heterocycles. The summed E-state index contributed by atoms with van der Waals surface area (Å²) in [5.41, 5.74) is 4.49. The molecule has 1 aromatic heterocycles. The minimum atomic E-state index is 0.647. The first-order chi connectivity index (χ1) is 10.3. The fourth-order valence-corrected chi connectivity index (χ4v) is 2.17. The molecule has 21 heavy (non-hydrogen) atoms. The van der Waals surface area contributed by atoms with Gasteiger partial charge < -0.3 is 5.32 Å². The molecule has 4 heteroatoms. The molecule has 2 aromatic carbocycles. The summed E-state index contributed by atoms with van der Waals surface area (Å²) in [5.74, 6) is 0. The molecule has 102 valence electrons. The van der Waals surface area contributed by atoms with Gasteiger partial charge in [0.25, 0.3) is 0 Å². The van der Waals surface area contributed by atoms with Gasteiger partial charge in [-0.2, -0.15) is 5.26 Å². The van der Waals surface area contributed by atoms with E-state index in [1.165, 1.54) is 0 Å². The summed E-state index contributed by atoms with van der Waals surface area (Å²) in [6.45, 7) is 1.35. The van der Waals surface area contributed by atoms with Crippen molar-refractivity contribution >= 4 is 11.0 Å². The van der Waals surface area contributed by atoms with Gasteiger partial charge in [-0.15, -0.1) is 0 Å². The Morgan fingerprint density at radius 2 is 1.86 bits per heavy atom. The van der Waals surface area contributed by atoms with Crippen molar-refractivity contribution in [2.45, 2.75) is 13.1 Å². The number of nitrogens with zero attached hydrogens (tertiary/aromatic N) is 3. The van der Waals surface area contributed by atoms with Gasteiger partial charge in [-0.1, -0.05) is 24.3 Å². The van der Waals surface area contributed by atoms with Crippen molar-refractivity contribution in [1.82, 2.24) is 15.3 Å². The lowest BCUT2D eigenvalue weighted by Crippen LogP contribution is -2.14. The molecule has 0 unspecified atom stereocenters. The molecule has 0 saturated carbocycles. The first-order valence-corrected chi connectivity index (χ1v) is 6.75. The molecule has 0 bridgehead atoms. The normalized spacial score (nSPS) is 10.4. The number of fused-ring (bicyclic) bond motifs is 1. The minimum absolute atomic E-state index is 0.647. The number of rotatable bonds is 4. The van der Waals surface area contributed by atoms with E-state index in [1.807, 2.05) is 42.5 Å². The van der Waals surface area contributed by atoms with Crippen LogP contribution >= 0.6 is 0 Å². The van der Waals surface area contributed by atoms with Crippen LogP contribution in [0.4, 0.5) is 0 Å². The highest BCUT2D eigenvalue weighted by molar-refractivity contribution is 5.73. The standard InChI is InChI=1S/C17H14N4/c18-9-13-4-3-5-14(8-13)10-19-11-15-12-20-16-6-1-2-7-17(16)21-15/h1-8,12,19H,10-11H2. The highest BCUT2D eigenvalue weighted by atomic mass is 14.9. The van der Waals surface area contributed by atoms with E-state index in [0.717, 1.165) is 22.3 Å². The summed E-state index contributed by atoms with van der Waals surface area (Å²) in [6.07, 6.45) is 1.79. The smallest absolute Gasteiger partial charge is 0.0991 e. The van der Waals surface area contributed by atoms with E-state index in [9.17, 15) is 0 Å². The Bertz CT molecular complexity index is 805. The molecule has 4 nitrogen and oxygen atoms in total. The van der Waals surface area contributed by atoms with E-state index >= 15 is 0 Å². The number of nitriles is 1. The number of benzene rings is 2. The molecule has 0 aliphatic rings. The van der Waals surface area contributed by atoms with Gasteiger partial charge in [0, 0.05) is 13.1 Å². The second-order valence-corrected chi connectivity index (χ2v) is 4.77. The molecule has 0 spiro atoms. The fraction of sp³-hybridized carbons (Fsp3) is 0.118. The van der Waals surface area contributed by atoms with E-state index in [2.05, 4.69) is 21.4 Å². The van der Waals surface area contributed by atoms with Crippen molar-refractivity contribution < 1.29 is 0 Å². The van der Waals surface area contributed by atoms with Gasteiger partial charge in [0.05, 0.1) is 34.6 Å². The lowest BCUT2D eigenvalue weighted by atomic mass is 10.1. The predicted molar refractivity (Wildman–Crippen MR) is 81.2 cm³/mol. The molecule has 0 atom stereocenters. The van der Waals surface area contributed by atoms with Crippen LogP contribution in [0.3, 0.4) is 0 Å². The minimum Gasteiger partial charge on any atom is -0.307 e. The third-order valence-corrected chi connectivity index (χ3v) is 3.19. The van der Waals surface area contributed by atoms with Crippen LogP contribution < -0.4 is 5.32 Å². The maximum absolute atomic E-state index is 8.88. The summed E-state index contributed by atoms with van der Waals surface area (Å²) in [5, 5.41) is 12.2. The van der Waals surface area contributed by atoms with Gasteiger partial charge in [0.2, 0.25) is 0 Å². The van der Waals surface area contributed by atoms with Crippen molar-refractivity contribution in [2.24, 2.45) is 0 Å². The van der Waals surface area contributed by atoms with Crippen molar-refractivity contribution in [2.75, 3.05) is 0 Å². The van der Waals surface area contributed by atoms with Crippen molar-refractivity contribution in [3.05, 3.63) is 71.5 Å². The average Bonchev–Trinajstić information content (AvgIpc) is 2.55. The average molecular weight is 274 g/mol. The molecule has 1 N–H and O–H groups in total.